The van der Waals surface area contributed by atoms with Crippen LogP contribution in [0.25, 0.3) is 0 Å². The van der Waals surface area contributed by atoms with Crippen LogP contribution in [0, 0.1) is 5.92 Å². The van der Waals surface area contributed by atoms with Gasteiger partial charge in [0.15, 0.2) is 0 Å². The molecule has 1 aromatic rings. The Morgan fingerprint density at radius 1 is 1.35 bits per heavy atom. The van der Waals surface area contributed by atoms with E-state index in [1.54, 1.807) is 6.20 Å². The zero-order valence-electron chi connectivity index (χ0n) is 13.5. The molecule has 7 heteroatoms. The molecule has 3 rings (SSSR count). The average molecular weight is 361 g/mol. The molecule has 2 atom stereocenters. The zero-order valence-corrected chi connectivity index (χ0v) is 15.1. The van der Waals surface area contributed by atoms with Gasteiger partial charge in [-0.1, -0.05) is 6.92 Å². The monoisotopic (exact) mass is 360 g/mol. The Kier molecular flexibility index (Phi) is 8.09. The fraction of sp³-hybridized carbons (Fsp3) is 0.625. The Bertz CT molecular complexity index is 509. The molecule has 130 valence electrons. The lowest BCUT2D eigenvalue weighted by molar-refractivity contribution is 0.0914. The SMILES string of the molecule is CC1CNCCC1NC(=O)c1cccnc1N1CCCC1.Cl.Cl. The van der Waals surface area contributed by atoms with Gasteiger partial charge in [-0.05, 0) is 50.4 Å². The maximum atomic E-state index is 12.6. The van der Waals surface area contributed by atoms with Crippen LogP contribution in [0.5, 0.6) is 0 Å². The van der Waals surface area contributed by atoms with Gasteiger partial charge in [0, 0.05) is 25.3 Å². The Hall–Kier alpha value is -1.04. The first-order valence-electron chi connectivity index (χ1n) is 7.97. The molecule has 0 aromatic carbocycles. The second kappa shape index (κ2) is 9.30. The van der Waals surface area contributed by atoms with Gasteiger partial charge >= 0.3 is 0 Å². The average Bonchev–Trinajstić information content (AvgIpc) is 3.04. The number of anilines is 1. The van der Waals surface area contributed by atoms with E-state index >= 15 is 0 Å². The number of nitrogens with zero attached hydrogens (tertiary/aromatic N) is 2. The summed E-state index contributed by atoms with van der Waals surface area (Å²) in [5, 5.41) is 6.56. The molecule has 2 unspecified atom stereocenters. The minimum Gasteiger partial charge on any atom is -0.356 e. The van der Waals surface area contributed by atoms with Crippen LogP contribution in [-0.2, 0) is 0 Å². The van der Waals surface area contributed by atoms with E-state index in [-0.39, 0.29) is 36.8 Å². The van der Waals surface area contributed by atoms with Crippen LogP contribution in [-0.4, -0.2) is 43.1 Å². The third kappa shape index (κ3) is 4.72. The summed E-state index contributed by atoms with van der Waals surface area (Å²) in [7, 11) is 0. The summed E-state index contributed by atoms with van der Waals surface area (Å²) in [6.07, 6.45) is 5.13. The molecule has 0 spiro atoms. The summed E-state index contributed by atoms with van der Waals surface area (Å²) in [5.74, 6) is 1.33. The molecule has 2 N–H and O–H groups in total. The smallest absolute Gasteiger partial charge is 0.255 e. The number of aromatic nitrogens is 1. The first kappa shape index (κ1) is 20.0. The number of halogens is 2. The fourth-order valence-corrected chi connectivity index (χ4v) is 3.23. The first-order valence-corrected chi connectivity index (χ1v) is 7.97. The molecular weight excluding hydrogens is 335 g/mol. The number of carbonyl (C=O) groups is 1. The lowest BCUT2D eigenvalue weighted by atomic mass is 9.95. The third-order valence-corrected chi connectivity index (χ3v) is 4.54. The topological polar surface area (TPSA) is 57.3 Å². The van der Waals surface area contributed by atoms with Crippen molar-refractivity contribution < 1.29 is 4.79 Å². The second-order valence-electron chi connectivity index (χ2n) is 6.12. The molecule has 2 aliphatic rings. The predicted molar refractivity (Wildman–Crippen MR) is 98.1 cm³/mol. The number of carbonyl (C=O) groups excluding carboxylic acids is 1. The highest BCUT2D eigenvalue weighted by molar-refractivity contribution is 5.99. The molecule has 1 amide bonds. The van der Waals surface area contributed by atoms with Crippen LogP contribution < -0.4 is 15.5 Å². The highest BCUT2D eigenvalue weighted by Crippen LogP contribution is 2.22. The van der Waals surface area contributed by atoms with Gasteiger partial charge in [0.05, 0.1) is 5.56 Å². The summed E-state index contributed by atoms with van der Waals surface area (Å²) in [6, 6.07) is 3.99. The highest BCUT2D eigenvalue weighted by Gasteiger charge is 2.26. The molecule has 0 aliphatic carbocycles. The lowest BCUT2D eigenvalue weighted by Gasteiger charge is -2.30. The van der Waals surface area contributed by atoms with Crippen molar-refractivity contribution in [1.29, 1.82) is 0 Å². The van der Waals surface area contributed by atoms with Gasteiger partial charge in [0.1, 0.15) is 5.82 Å². The molecule has 23 heavy (non-hydrogen) atoms. The first-order chi connectivity index (χ1) is 10.3. The summed E-state index contributed by atoms with van der Waals surface area (Å²) in [4.78, 5) is 19.3. The predicted octanol–water partition coefficient (Wildman–Crippen LogP) is 2.25. The number of rotatable bonds is 3. The van der Waals surface area contributed by atoms with Crippen LogP contribution in [0.15, 0.2) is 18.3 Å². The van der Waals surface area contributed by atoms with E-state index < -0.39 is 0 Å². The van der Waals surface area contributed by atoms with Crippen molar-refractivity contribution in [3.8, 4) is 0 Å². The van der Waals surface area contributed by atoms with Gasteiger partial charge in [0.2, 0.25) is 0 Å². The summed E-state index contributed by atoms with van der Waals surface area (Å²) in [6.45, 7) is 6.13. The molecule has 2 fully saturated rings. The number of hydrogen-bond donors (Lipinski definition) is 2. The zero-order chi connectivity index (χ0) is 14.7. The van der Waals surface area contributed by atoms with Gasteiger partial charge in [-0.3, -0.25) is 4.79 Å². The second-order valence-corrected chi connectivity index (χ2v) is 6.12. The van der Waals surface area contributed by atoms with Crippen LogP contribution >= 0.6 is 24.8 Å². The Balaban J connectivity index is 0.00000132. The highest BCUT2D eigenvalue weighted by atomic mass is 35.5. The Labute approximate surface area is 150 Å². The van der Waals surface area contributed by atoms with Gasteiger partial charge in [-0.15, -0.1) is 24.8 Å². The lowest BCUT2D eigenvalue weighted by Crippen LogP contribution is -2.48. The standard InChI is InChI=1S/C16H24N4O.2ClH/c1-12-11-17-8-6-14(12)19-16(21)13-5-4-7-18-15(13)20-9-2-3-10-20;;/h4-5,7,12,14,17H,2-3,6,8-11H2,1H3,(H,19,21);2*1H. The Morgan fingerprint density at radius 3 is 2.78 bits per heavy atom. The van der Waals surface area contributed by atoms with Crippen molar-refractivity contribution in [2.45, 2.75) is 32.2 Å². The van der Waals surface area contributed by atoms with Crippen molar-refractivity contribution >= 4 is 36.5 Å². The van der Waals surface area contributed by atoms with Crippen molar-refractivity contribution in [3.05, 3.63) is 23.9 Å². The minimum absolute atomic E-state index is 0. The van der Waals surface area contributed by atoms with E-state index in [0.29, 0.717) is 11.5 Å². The molecule has 2 saturated heterocycles. The third-order valence-electron chi connectivity index (χ3n) is 4.54. The molecule has 0 radical (unpaired) electrons. The Morgan fingerprint density at radius 2 is 2.09 bits per heavy atom. The van der Waals surface area contributed by atoms with E-state index in [0.717, 1.165) is 38.4 Å². The maximum absolute atomic E-state index is 12.6. The van der Waals surface area contributed by atoms with E-state index in [2.05, 4.69) is 27.4 Å². The van der Waals surface area contributed by atoms with Crippen molar-refractivity contribution in [3.63, 3.8) is 0 Å². The van der Waals surface area contributed by atoms with Gasteiger partial charge in [0.25, 0.3) is 5.91 Å². The van der Waals surface area contributed by atoms with Gasteiger partial charge < -0.3 is 15.5 Å². The molecule has 2 aliphatic heterocycles. The molecule has 3 heterocycles. The number of pyridine rings is 1. The van der Waals surface area contributed by atoms with E-state index in [1.165, 1.54) is 12.8 Å². The van der Waals surface area contributed by atoms with E-state index in [4.69, 9.17) is 0 Å². The van der Waals surface area contributed by atoms with Crippen LogP contribution in [0.2, 0.25) is 0 Å². The molecule has 1 aromatic heterocycles. The van der Waals surface area contributed by atoms with Crippen LogP contribution in [0.1, 0.15) is 36.5 Å². The number of piperidine rings is 1. The number of amides is 1. The summed E-state index contributed by atoms with van der Waals surface area (Å²) in [5.41, 5.74) is 0.713. The van der Waals surface area contributed by atoms with E-state index in [9.17, 15) is 4.79 Å². The number of hydrogen-bond acceptors (Lipinski definition) is 4. The molecule has 0 saturated carbocycles. The van der Waals surface area contributed by atoms with Crippen LogP contribution in [0.3, 0.4) is 0 Å². The summed E-state index contributed by atoms with van der Waals surface area (Å²) < 4.78 is 0. The van der Waals surface area contributed by atoms with E-state index in [1.807, 2.05) is 12.1 Å². The largest absolute Gasteiger partial charge is 0.356 e. The van der Waals surface area contributed by atoms with Crippen LogP contribution in [0.4, 0.5) is 5.82 Å². The van der Waals surface area contributed by atoms with Gasteiger partial charge in [-0.2, -0.15) is 0 Å². The molecule has 5 nitrogen and oxygen atoms in total. The van der Waals surface area contributed by atoms with Gasteiger partial charge in [-0.25, -0.2) is 4.98 Å². The van der Waals surface area contributed by atoms with Crippen molar-refractivity contribution in [2.75, 3.05) is 31.1 Å². The number of nitrogens with one attached hydrogen (secondary N) is 2. The maximum Gasteiger partial charge on any atom is 0.255 e. The minimum atomic E-state index is 0. The molecule has 0 bridgehead atoms. The fourth-order valence-electron chi connectivity index (χ4n) is 3.23. The van der Waals surface area contributed by atoms with Crippen molar-refractivity contribution in [2.24, 2.45) is 5.92 Å². The van der Waals surface area contributed by atoms with Crippen molar-refractivity contribution in [1.82, 2.24) is 15.6 Å². The summed E-state index contributed by atoms with van der Waals surface area (Å²) >= 11 is 0. The normalized spacial score (nSPS) is 23.6. The molecular formula is C16H26Cl2N4O. The quantitative estimate of drug-likeness (QED) is 0.867.